The Morgan fingerprint density at radius 2 is 1.75 bits per heavy atom. The van der Waals surface area contributed by atoms with Gasteiger partial charge in [0.15, 0.2) is 0 Å². The van der Waals surface area contributed by atoms with Crippen LogP contribution in [0.1, 0.15) is 57.4 Å². The molecule has 3 heterocycles. The van der Waals surface area contributed by atoms with E-state index in [9.17, 15) is 0 Å². The summed E-state index contributed by atoms with van der Waals surface area (Å²) in [7, 11) is 0. The minimum absolute atomic E-state index is 0.583. The van der Waals surface area contributed by atoms with Gasteiger partial charge in [0.05, 0.1) is 6.04 Å². The maximum atomic E-state index is 4.87. The van der Waals surface area contributed by atoms with Gasteiger partial charge in [-0.15, -0.1) is 5.10 Å². The van der Waals surface area contributed by atoms with Gasteiger partial charge >= 0.3 is 0 Å². The van der Waals surface area contributed by atoms with Crippen molar-refractivity contribution < 1.29 is 0 Å². The minimum atomic E-state index is 0.583. The van der Waals surface area contributed by atoms with Crippen LogP contribution in [0.2, 0.25) is 0 Å². The van der Waals surface area contributed by atoms with Crippen molar-refractivity contribution in [3.63, 3.8) is 0 Å². The van der Waals surface area contributed by atoms with Crippen LogP contribution in [0.25, 0.3) is 0 Å². The van der Waals surface area contributed by atoms with Crippen molar-refractivity contribution >= 4 is 11.9 Å². The molecule has 1 saturated carbocycles. The molecule has 2 aliphatic heterocycles. The highest BCUT2D eigenvalue weighted by molar-refractivity contribution is 5.39. The zero-order valence-electron chi connectivity index (χ0n) is 12.2. The highest BCUT2D eigenvalue weighted by Crippen LogP contribution is 2.39. The lowest BCUT2D eigenvalue weighted by Gasteiger charge is -2.29. The number of rotatable bonds is 2. The largest absolute Gasteiger partial charge is 0.354 e. The number of piperidine rings is 1. The average molecular weight is 275 g/mol. The lowest BCUT2D eigenvalue weighted by molar-refractivity contribution is 0.289. The molecule has 1 aromatic rings. The second kappa shape index (κ2) is 5.26. The van der Waals surface area contributed by atoms with Crippen molar-refractivity contribution in [2.24, 2.45) is 5.92 Å². The van der Waals surface area contributed by atoms with Crippen LogP contribution in [0.5, 0.6) is 0 Å². The summed E-state index contributed by atoms with van der Waals surface area (Å²) in [6.45, 7) is 3.30. The molecule has 5 nitrogen and oxygen atoms in total. The standard InChI is InChI=1S/C15H25N5/c1-4-10-19(11-5-1)15-17-14-16-9-8-13(20(14)18-15)12-6-2-3-7-12/h12-13H,1-11H2,(H,16,17,18). The monoisotopic (exact) mass is 275 g/mol. The van der Waals surface area contributed by atoms with Crippen LogP contribution in [0, 0.1) is 5.92 Å². The topological polar surface area (TPSA) is 46.0 Å². The van der Waals surface area contributed by atoms with Gasteiger partial charge < -0.3 is 10.2 Å². The second-order valence-corrected chi connectivity index (χ2v) is 6.56. The third-order valence-electron chi connectivity index (χ3n) is 5.24. The molecule has 1 N–H and O–H groups in total. The lowest BCUT2D eigenvalue weighted by atomic mass is 9.95. The van der Waals surface area contributed by atoms with Crippen molar-refractivity contribution in [3.05, 3.63) is 0 Å². The first-order valence-corrected chi connectivity index (χ1v) is 8.37. The Morgan fingerprint density at radius 1 is 0.950 bits per heavy atom. The first-order valence-electron chi connectivity index (χ1n) is 8.37. The molecule has 0 bridgehead atoms. The van der Waals surface area contributed by atoms with Crippen LogP contribution >= 0.6 is 0 Å². The van der Waals surface area contributed by atoms with Gasteiger partial charge in [0.25, 0.3) is 0 Å². The van der Waals surface area contributed by atoms with Gasteiger partial charge in [-0.1, -0.05) is 12.8 Å². The number of nitrogens with zero attached hydrogens (tertiary/aromatic N) is 4. The van der Waals surface area contributed by atoms with E-state index in [4.69, 9.17) is 10.1 Å². The van der Waals surface area contributed by atoms with Gasteiger partial charge in [0.2, 0.25) is 11.9 Å². The van der Waals surface area contributed by atoms with E-state index in [1.807, 2.05) is 0 Å². The summed E-state index contributed by atoms with van der Waals surface area (Å²) < 4.78 is 2.21. The Balaban J connectivity index is 1.59. The molecule has 1 aliphatic carbocycles. The smallest absolute Gasteiger partial charge is 0.246 e. The molecule has 1 saturated heterocycles. The number of nitrogens with one attached hydrogen (secondary N) is 1. The Morgan fingerprint density at radius 3 is 2.55 bits per heavy atom. The van der Waals surface area contributed by atoms with E-state index >= 15 is 0 Å². The van der Waals surface area contributed by atoms with Gasteiger partial charge in [-0.3, -0.25) is 0 Å². The average Bonchev–Trinajstić information content (AvgIpc) is 3.17. The second-order valence-electron chi connectivity index (χ2n) is 6.56. The van der Waals surface area contributed by atoms with E-state index in [2.05, 4.69) is 14.9 Å². The van der Waals surface area contributed by atoms with Crippen LogP contribution in [0.4, 0.5) is 11.9 Å². The van der Waals surface area contributed by atoms with Gasteiger partial charge in [0.1, 0.15) is 0 Å². The summed E-state index contributed by atoms with van der Waals surface area (Å²) >= 11 is 0. The SMILES string of the molecule is C1CCN(c2nc3n(n2)C(C2CCCC2)CCN3)CC1. The number of anilines is 2. The molecule has 5 heteroatoms. The molecule has 0 aromatic carbocycles. The number of hydrogen-bond donors (Lipinski definition) is 1. The van der Waals surface area contributed by atoms with Crippen LogP contribution in [0.3, 0.4) is 0 Å². The Bertz CT molecular complexity index is 457. The molecule has 1 aromatic heterocycles. The first kappa shape index (κ1) is 12.5. The Labute approximate surface area is 120 Å². The fourth-order valence-electron chi connectivity index (χ4n) is 4.12. The summed E-state index contributed by atoms with van der Waals surface area (Å²) in [4.78, 5) is 7.13. The molecule has 20 heavy (non-hydrogen) atoms. The maximum Gasteiger partial charge on any atom is 0.246 e. The van der Waals surface area contributed by atoms with Crippen molar-refractivity contribution in [2.75, 3.05) is 29.9 Å². The first-order chi connectivity index (χ1) is 9.92. The van der Waals surface area contributed by atoms with Crippen LogP contribution < -0.4 is 10.2 Å². The van der Waals surface area contributed by atoms with Gasteiger partial charge in [-0.2, -0.15) is 4.98 Å². The molecule has 3 aliphatic rings. The summed E-state index contributed by atoms with van der Waals surface area (Å²) in [6.07, 6.45) is 10.7. The van der Waals surface area contributed by atoms with E-state index in [0.717, 1.165) is 37.4 Å². The van der Waals surface area contributed by atoms with Gasteiger partial charge in [-0.25, -0.2) is 4.68 Å². The maximum absolute atomic E-state index is 4.87. The van der Waals surface area contributed by atoms with E-state index in [-0.39, 0.29) is 0 Å². The zero-order valence-corrected chi connectivity index (χ0v) is 12.2. The molecular weight excluding hydrogens is 250 g/mol. The molecule has 110 valence electrons. The van der Waals surface area contributed by atoms with E-state index < -0.39 is 0 Å². The molecule has 2 fully saturated rings. The Hall–Kier alpha value is -1.26. The molecule has 1 atom stereocenters. The van der Waals surface area contributed by atoms with E-state index in [1.165, 1.54) is 51.4 Å². The van der Waals surface area contributed by atoms with Crippen LogP contribution in [-0.2, 0) is 0 Å². The number of aromatic nitrogens is 3. The normalized spacial score (nSPS) is 27.4. The summed E-state index contributed by atoms with van der Waals surface area (Å²) in [6, 6.07) is 0.583. The zero-order chi connectivity index (χ0) is 13.4. The summed E-state index contributed by atoms with van der Waals surface area (Å²) in [5.74, 6) is 2.79. The van der Waals surface area contributed by atoms with Crippen molar-refractivity contribution in [3.8, 4) is 0 Å². The molecule has 0 amide bonds. The molecular formula is C15H25N5. The number of fused-ring (bicyclic) bond motifs is 1. The summed E-state index contributed by atoms with van der Waals surface area (Å²) in [5, 5.41) is 8.31. The predicted molar refractivity (Wildman–Crippen MR) is 80.2 cm³/mol. The lowest BCUT2D eigenvalue weighted by Crippen LogP contribution is -2.31. The van der Waals surface area contributed by atoms with E-state index in [1.54, 1.807) is 0 Å². The predicted octanol–water partition coefficient (Wildman–Crippen LogP) is 2.82. The molecule has 0 spiro atoms. The fourth-order valence-corrected chi connectivity index (χ4v) is 4.12. The highest BCUT2D eigenvalue weighted by atomic mass is 15.5. The Kier molecular flexibility index (Phi) is 3.28. The quantitative estimate of drug-likeness (QED) is 0.901. The molecule has 4 rings (SSSR count). The van der Waals surface area contributed by atoms with Gasteiger partial charge in [-0.05, 0) is 44.4 Å². The fraction of sp³-hybridized carbons (Fsp3) is 0.867. The van der Waals surface area contributed by atoms with Crippen LogP contribution in [-0.4, -0.2) is 34.4 Å². The van der Waals surface area contributed by atoms with Crippen molar-refractivity contribution in [2.45, 2.75) is 57.4 Å². The van der Waals surface area contributed by atoms with E-state index in [0.29, 0.717) is 6.04 Å². The number of hydrogen-bond acceptors (Lipinski definition) is 4. The van der Waals surface area contributed by atoms with Crippen molar-refractivity contribution in [1.29, 1.82) is 0 Å². The summed E-state index contributed by atoms with van der Waals surface area (Å²) in [5.41, 5.74) is 0. The third-order valence-corrected chi connectivity index (χ3v) is 5.24. The minimum Gasteiger partial charge on any atom is -0.354 e. The molecule has 1 unspecified atom stereocenters. The van der Waals surface area contributed by atoms with Crippen LogP contribution in [0.15, 0.2) is 0 Å². The van der Waals surface area contributed by atoms with Crippen molar-refractivity contribution in [1.82, 2.24) is 14.8 Å². The third kappa shape index (κ3) is 2.17. The van der Waals surface area contributed by atoms with Gasteiger partial charge in [0, 0.05) is 19.6 Å². The highest BCUT2D eigenvalue weighted by Gasteiger charge is 2.32. The molecule has 0 radical (unpaired) electrons.